The predicted octanol–water partition coefficient (Wildman–Crippen LogP) is 4.27. The average molecular weight is 254 g/mol. The van der Waals surface area contributed by atoms with E-state index < -0.39 is 0 Å². The first kappa shape index (κ1) is 13.6. The fourth-order valence-corrected chi connectivity index (χ4v) is 2.09. The number of nitrogens with zero attached hydrogens (tertiary/aromatic N) is 1. The maximum atomic E-state index is 3.40. The van der Waals surface area contributed by atoms with Crippen LogP contribution in [0, 0.1) is 0 Å². The fraction of sp³-hybridized carbons (Fsp3) is 0.294. The molecule has 2 aromatic carbocycles. The molecule has 0 unspecified atom stereocenters. The van der Waals surface area contributed by atoms with Gasteiger partial charge in [-0.05, 0) is 42.9 Å². The first-order chi connectivity index (χ1) is 9.31. The second-order valence-corrected chi connectivity index (χ2v) is 4.65. The minimum atomic E-state index is 1.03. The number of rotatable bonds is 6. The second kappa shape index (κ2) is 6.95. The Labute approximate surface area is 116 Å². The van der Waals surface area contributed by atoms with Crippen LogP contribution in [0.1, 0.15) is 19.4 Å². The lowest BCUT2D eigenvalue weighted by Crippen LogP contribution is -2.21. The lowest BCUT2D eigenvalue weighted by Gasteiger charge is -2.18. The molecule has 0 aliphatic rings. The van der Waals surface area contributed by atoms with Crippen molar-refractivity contribution in [3.8, 4) is 0 Å². The molecule has 100 valence electrons. The van der Waals surface area contributed by atoms with Crippen molar-refractivity contribution in [2.24, 2.45) is 0 Å². The third kappa shape index (κ3) is 4.11. The number of nitrogens with one attached hydrogen (secondary N) is 1. The minimum absolute atomic E-state index is 1.03. The molecule has 0 atom stereocenters. The molecule has 2 heteroatoms. The SMILES string of the molecule is CCN(CC)Cc1ccc(Nc2ccccc2)cc1. The Morgan fingerprint density at radius 1 is 0.789 bits per heavy atom. The highest BCUT2D eigenvalue weighted by Crippen LogP contribution is 2.17. The number of hydrogen-bond acceptors (Lipinski definition) is 2. The molecule has 0 spiro atoms. The van der Waals surface area contributed by atoms with Gasteiger partial charge in [-0.2, -0.15) is 0 Å². The Morgan fingerprint density at radius 2 is 1.37 bits per heavy atom. The summed E-state index contributed by atoms with van der Waals surface area (Å²) in [5.74, 6) is 0. The molecule has 0 aromatic heterocycles. The highest BCUT2D eigenvalue weighted by Gasteiger charge is 2.01. The maximum absolute atomic E-state index is 3.40. The van der Waals surface area contributed by atoms with Crippen LogP contribution in [0.2, 0.25) is 0 Å². The van der Waals surface area contributed by atoms with Crippen molar-refractivity contribution in [3.05, 3.63) is 60.2 Å². The van der Waals surface area contributed by atoms with Gasteiger partial charge in [-0.25, -0.2) is 0 Å². The Kier molecular flexibility index (Phi) is 4.99. The topological polar surface area (TPSA) is 15.3 Å². The quantitative estimate of drug-likeness (QED) is 0.828. The monoisotopic (exact) mass is 254 g/mol. The molecule has 0 saturated carbocycles. The minimum Gasteiger partial charge on any atom is -0.356 e. The summed E-state index contributed by atoms with van der Waals surface area (Å²) in [6.07, 6.45) is 0. The number of para-hydroxylation sites is 1. The lowest BCUT2D eigenvalue weighted by molar-refractivity contribution is 0.296. The summed E-state index contributed by atoms with van der Waals surface area (Å²) in [6, 6.07) is 18.9. The van der Waals surface area contributed by atoms with Gasteiger partial charge in [0.2, 0.25) is 0 Å². The zero-order chi connectivity index (χ0) is 13.5. The largest absolute Gasteiger partial charge is 0.356 e. The molecule has 0 saturated heterocycles. The van der Waals surface area contributed by atoms with Gasteiger partial charge in [0.05, 0.1) is 0 Å². The summed E-state index contributed by atoms with van der Waals surface area (Å²) in [4.78, 5) is 2.42. The van der Waals surface area contributed by atoms with E-state index in [-0.39, 0.29) is 0 Å². The van der Waals surface area contributed by atoms with Gasteiger partial charge in [0.1, 0.15) is 0 Å². The molecule has 0 heterocycles. The van der Waals surface area contributed by atoms with Crippen LogP contribution in [0.25, 0.3) is 0 Å². The van der Waals surface area contributed by atoms with Crippen LogP contribution in [0.4, 0.5) is 11.4 Å². The van der Waals surface area contributed by atoms with Gasteiger partial charge < -0.3 is 5.32 Å². The second-order valence-electron chi connectivity index (χ2n) is 4.65. The Morgan fingerprint density at radius 3 is 1.95 bits per heavy atom. The Bertz CT molecular complexity index is 472. The Hall–Kier alpha value is -1.80. The number of anilines is 2. The molecule has 2 nitrogen and oxygen atoms in total. The molecule has 19 heavy (non-hydrogen) atoms. The van der Waals surface area contributed by atoms with Gasteiger partial charge in [0, 0.05) is 17.9 Å². The maximum Gasteiger partial charge on any atom is 0.0384 e. The van der Waals surface area contributed by atoms with Crippen LogP contribution in [0.15, 0.2) is 54.6 Å². The number of hydrogen-bond donors (Lipinski definition) is 1. The first-order valence-corrected chi connectivity index (χ1v) is 6.95. The fourth-order valence-electron chi connectivity index (χ4n) is 2.09. The predicted molar refractivity (Wildman–Crippen MR) is 82.8 cm³/mol. The molecular weight excluding hydrogens is 232 g/mol. The normalized spacial score (nSPS) is 10.7. The van der Waals surface area contributed by atoms with Crippen LogP contribution in [-0.2, 0) is 6.54 Å². The van der Waals surface area contributed by atoms with Crippen molar-refractivity contribution in [1.82, 2.24) is 4.90 Å². The van der Waals surface area contributed by atoms with Gasteiger partial charge in [0.15, 0.2) is 0 Å². The zero-order valence-electron chi connectivity index (χ0n) is 11.8. The van der Waals surface area contributed by atoms with Crippen LogP contribution in [0.5, 0.6) is 0 Å². The Balaban J connectivity index is 1.98. The number of benzene rings is 2. The van der Waals surface area contributed by atoms with Crippen molar-refractivity contribution in [1.29, 1.82) is 0 Å². The van der Waals surface area contributed by atoms with Crippen molar-refractivity contribution in [2.75, 3.05) is 18.4 Å². The highest BCUT2D eigenvalue weighted by molar-refractivity contribution is 5.59. The van der Waals surface area contributed by atoms with Crippen molar-refractivity contribution in [2.45, 2.75) is 20.4 Å². The molecule has 0 amide bonds. The summed E-state index contributed by atoms with van der Waals surface area (Å²) in [5, 5.41) is 3.40. The highest BCUT2D eigenvalue weighted by atomic mass is 15.1. The first-order valence-electron chi connectivity index (χ1n) is 6.95. The summed E-state index contributed by atoms with van der Waals surface area (Å²) in [5.41, 5.74) is 3.62. The van der Waals surface area contributed by atoms with E-state index in [4.69, 9.17) is 0 Å². The standard InChI is InChI=1S/C17H22N2/c1-3-19(4-2)14-15-10-12-17(13-11-15)18-16-8-6-5-7-9-16/h5-13,18H,3-4,14H2,1-2H3. The van der Waals surface area contributed by atoms with Gasteiger partial charge in [-0.15, -0.1) is 0 Å². The molecule has 1 N–H and O–H groups in total. The van der Waals surface area contributed by atoms with Gasteiger partial charge in [-0.3, -0.25) is 4.90 Å². The van der Waals surface area contributed by atoms with Gasteiger partial charge in [0.25, 0.3) is 0 Å². The van der Waals surface area contributed by atoms with Crippen LogP contribution in [-0.4, -0.2) is 18.0 Å². The lowest BCUT2D eigenvalue weighted by atomic mass is 10.2. The smallest absolute Gasteiger partial charge is 0.0384 e. The molecule has 2 aromatic rings. The van der Waals surface area contributed by atoms with E-state index in [1.807, 2.05) is 18.2 Å². The third-order valence-corrected chi connectivity index (χ3v) is 3.32. The van der Waals surface area contributed by atoms with Crippen molar-refractivity contribution in [3.63, 3.8) is 0 Å². The van der Waals surface area contributed by atoms with E-state index in [1.165, 1.54) is 5.56 Å². The molecular formula is C17H22N2. The van der Waals surface area contributed by atoms with E-state index in [1.54, 1.807) is 0 Å². The van der Waals surface area contributed by atoms with Crippen molar-refractivity contribution < 1.29 is 0 Å². The van der Waals surface area contributed by atoms with E-state index in [0.717, 1.165) is 31.0 Å². The van der Waals surface area contributed by atoms with Crippen LogP contribution in [0.3, 0.4) is 0 Å². The molecule has 0 aliphatic heterocycles. The van der Waals surface area contributed by atoms with Gasteiger partial charge in [-0.1, -0.05) is 44.2 Å². The molecule has 0 fully saturated rings. The van der Waals surface area contributed by atoms with Crippen LogP contribution < -0.4 is 5.32 Å². The third-order valence-electron chi connectivity index (χ3n) is 3.32. The summed E-state index contributed by atoms with van der Waals surface area (Å²) in [7, 11) is 0. The van der Waals surface area contributed by atoms with E-state index in [9.17, 15) is 0 Å². The zero-order valence-corrected chi connectivity index (χ0v) is 11.8. The summed E-state index contributed by atoms with van der Waals surface area (Å²) in [6.45, 7) is 7.63. The van der Waals surface area contributed by atoms with Gasteiger partial charge >= 0.3 is 0 Å². The van der Waals surface area contributed by atoms with Crippen molar-refractivity contribution >= 4 is 11.4 Å². The summed E-state index contributed by atoms with van der Waals surface area (Å²) >= 11 is 0. The molecule has 0 aliphatic carbocycles. The molecule has 0 radical (unpaired) electrons. The van der Waals surface area contributed by atoms with E-state index in [2.05, 4.69) is 60.5 Å². The molecule has 0 bridgehead atoms. The summed E-state index contributed by atoms with van der Waals surface area (Å²) < 4.78 is 0. The van der Waals surface area contributed by atoms with E-state index >= 15 is 0 Å². The average Bonchev–Trinajstić information content (AvgIpc) is 2.47. The molecule has 2 rings (SSSR count). The van der Waals surface area contributed by atoms with E-state index in [0.29, 0.717) is 0 Å². The van der Waals surface area contributed by atoms with Crippen LogP contribution >= 0.6 is 0 Å².